The summed E-state index contributed by atoms with van der Waals surface area (Å²) in [5.41, 5.74) is 0.466. The van der Waals surface area contributed by atoms with E-state index in [2.05, 4.69) is 5.32 Å². The van der Waals surface area contributed by atoms with Gasteiger partial charge in [0.1, 0.15) is 5.75 Å². The van der Waals surface area contributed by atoms with Crippen molar-refractivity contribution in [2.75, 3.05) is 38.6 Å². The molecular formula is C24H31N3O6S2. The van der Waals surface area contributed by atoms with Crippen LogP contribution in [0.5, 0.6) is 5.75 Å². The van der Waals surface area contributed by atoms with Crippen molar-refractivity contribution in [3.63, 3.8) is 0 Å². The van der Waals surface area contributed by atoms with E-state index in [-0.39, 0.29) is 21.1 Å². The van der Waals surface area contributed by atoms with Gasteiger partial charge in [-0.15, -0.1) is 0 Å². The van der Waals surface area contributed by atoms with Gasteiger partial charge in [-0.1, -0.05) is 12.8 Å². The molecule has 2 aromatic rings. The summed E-state index contributed by atoms with van der Waals surface area (Å²) in [6.45, 7) is 1.94. The first-order valence-corrected chi connectivity index (χ1v) is 14.7. The fraction of sp³-hybridized carbons (Fsp3) is 0.458. The predicted octanol–water partition coefficient (Wildman–Crippen LogP) is 3.30. The molecule has 0 aromatic heterocycles. The normalized spacial score (nSPS) is 18.2. The Balaban J connectivity index is 1.53. The number of methoxy groups -OCH3 is 1. The lowest BCUT2D eigenvalue weighted by molar-refractivity contribution is 0.102. The highest BCUT2D eigenvalue weighted by molar-refractivity contribution is 7.89. The molecule has 2 aliphatic rings. The summed E-state index contributed by atoms with van der Waals surface area (Å²) >= 11 is 0. The Labute approximate surface area is 207 Å². The van der Waals surface area contributed by atoms with Crippen molar-refractivity contribution >= 4 is 31.6 Å². The summed E-state index contributed by atoms with van der Waals surface area (Å²) in [6.07, 6.45) is 5.38. The number of benzene rings is 2. The zero-order valence-electron chi connectivity index (χ0n) is 19.8. The lowest BCUT2D eigenvalue weighted by Crippen LogP contribution is -2.31. The summed E-state index contributed by atoms with van der Waals surface area (Å²) < 4.78 is 60.1. The van der Waals surface area contributed by atoms with Gasteiger partial charge >= 0.3 is 0 Å². The number of sulfonamides is 2. The van der Waals surface area contributed by atoms with Crippen molar-refractivity contribution in [1.29, 1.82) is 0 Å². The van der Waals surface area contributed by atoms with Gasteiger partial charge in [0.2, 0.25) is 20.0 Å². The topological polar surface area (TPSA) is 113 Å². The highest BCUT2D eigenvalue weighted by Crippen LogP contribution is 2.28. The number of hydrogen-bond acceptors (Lipinski definition) is 6. The number of ether oxygens (including phenoxy) is 1. The van der Waals surface area contributed by atoms with Crippen LogP contribution >= 0.6 is 0 Å². The molecule has 0 saturated carbocycles. The Morgan fingerprint density at radius 1 is 0.743 bits per heavy atom. The van der Waals surface area contributed by atoms with E-state index in [0.29, 0.717) is 31.9 Å². The van der Waals surface area contributed by atoms with Crippen molar-refractivity contribution in [2.45, 2.75) is 48.3 Å². The summed E-state index contributed by atoms with van der Waals surface area (Å²) in [7, 11) is -5.89. The third kappa shape index (κ3) is 5.53. The van der Waals surface area contributed by atoms with Crippen LogP contribution in [0.15, 0.2) is 52.3 Å². The van der Waals surface area contributed by atoms with Crippen LogP contribution in [0.2, 0.25) is 0 Å². The fourth-order valence-corrected chi connectivity index (χ4v) is 7.50. The minimum atomic E-state index is -3.70. The molecule has 1 amide bonds. The second kappa shape index (κ2) is 10.7. The van der Waals surface area contributed by atoms with Gasteiger partial charge in [0.05, 0.1) is 22.5 Å². The van der Waals surface area contributed by atoms with Crippen LogP contribution in [0.25, 0.3) is 0 Å². The monoisotopic (exact) mass is 521 g/mol. The maximum absolute atomic E-state index is 13.0. The second-order valence-electron chi connectivity index (χ2n) is 8.77. The minimum absolute atomic E-state index is 0.0317. The molecule has 2 saturated heterocycles. The van der Waals surface area contributed by atoms with Crippen LogP contribution in [-0.4, -0.2) is 64.6 Å². The Hall–Kier alpha value is -2.47. The molecule has 9 nitrogen and oxygen atoms in total. The number of nitrogens with one attached hydrogen (secondary N) is 1. The van der Waals surface area contributed by atoms with Crippen molar-refractivity contribution in [1.82, 2.24) is 8.61 Å². The molecule has 0 bridgehead atoms. The van der Waals surface area contributed by atoms with Crippen LogP contribution in [0, 0.1) is 0 Å². The number of carbonyl (C=O) groups excluding carboxylic acids is 1. The maximum atomic E-state index is 13.0. The third-order valence-electron chi connectivity index (χ3n) is 6.43. The zero-order chi connectivity index (χ0) is 25.1. The summed E-state index contributed by atoms with van der Waals surface area (Å²) in [5.74, 6) is -0.313. The summed E-state index contributed by atoms with van der Waals surface area (Å²) in [4.78, 5) is 13.2. The fourth-order valence-electron chi connectivity index (χ4n) is 4.44. The van der Waals surface area contributed by atoms with Crippen molar-refractivity contribution < 1.29 is 26.4 Å². The number of carbonyl (C=O) groups is 1. The first-order chi connectivity index (χ1) is 16.7. The van der Waals surface area contributed by atoms with Crippen LogP contribution in [-0.2, 0) is 20.0 Å². The Morgan fingerprint density at radius 3 is 1.77 bits per heavy atom. The van der Waals surface area contributed by atoms with Gasteiger partial charge in [-0.25, -0.2) is 16.8 Å². The van der Waals surface area contributed by atoms with E-state index >= 15 is 0 Å². The Bertz CT molecular complexity index is 1260. The SMILES string of the molecule is COc1ccc(S(=O)(=O)N2CCCC2)cc1C(=O)Nc1ccc(S(=O)(=O)N2CCCCCC2)cc1. The highest BCUT2D eigenvalue weighted by atomic mass is 32.2. The second-order valence-corrected chi connectivity index (χ2v) is 12.6. The van der Waals surface area contributed by atoms with Gasteiger partial charge in [0, 0.05) is 31.9 Å². The standard InChI is InChI=1S/C24H31N3O6S2/c1-33-23-13-12-21(35(31,32)27-16-6-7-17-27)18-22(23)24(28)25-19-8-10-20(11-9-19)34(29,30)26-14-4-2-3-5-15-26/h8-13,18H,2-7,14-17H2,1H3,(H,25,28). The molecule has 2 aliphatic heterocycles. The van der Waals surface area contributed by atoms with E-state index in [1.807, 2.05) is 0 Å². The molecule has 0 atom stereocenters. The smallest absolute Gasteiger partial charge is 0.259 e. The molecule has 35 heavy (non-hydrogen) atoms. The molecule has 0 unspecified atom stereocenters. The molecular weight excluding hydrogens is 490 g/mol. The lowest BCUT2D eigenvalue weighted by atomic mass is 10.2. The van der Waals surface area contributed by atoms with E-state index in [1.165, 1.54) is 58.2 Å². The van der Waals surface area contributed by atoms with Gasteiger partial charge in [0.25, 0.3) is 5.91 Å². The molecule has 0 radical (unpaired) electrons. The van der Waals surface area contributed by atoms with Crippen LogP contribution < -0.4 is 10.1 Å². The van der Waals surface area contributed by atoms with E-state index < -0.39 is 26.0 Å². The summed E-state index contributed by atoms with van der Waals surface area (Å²) in [6, 6.07) is 10.2. The van der Waals surface area contributed by atoms with Gasteiger partial charge in [0.15, 0.2) is 0 Å². The van der Waals surface area contributed by atoms with Crippen molar-refractivity contribution in [3.05, 3.63) is 48.0 Å². The van der Waals surface area contributed by atoms with Gasteiger partial charge in [-0.2, -0.15) is 8.61 Å². The largest absolute Gasteiger partial charge is 0.496 e. The number of rotatable bonds is 7. The molecule has 190 valence electrons. The lowest BCUT2D eigenvalue weighted by Gasteiger charge is -2.20. The van der Waals surface area contributed by atoms with Gasteiger partial charge in [-0.3, -0.25) is 4.79 Å². The quantitative estimate of drug-likeness (QED) is 0.598. The average molecular weight is 522 g/mol. The average Bonchev–Trinajstić information content (AvgIpc) is 3.27. The van der Waals surface area contributed by atoms with Gasteiger partial charge in [-0.05, 0) is 68.1 Å². The summed E-state index contributed by atoms with van der Waals surface area (Å²) in [5, 5.41) is 2.71. The molecule has 2 fully saturated rings. The Kier molecular flexibility index (Phi) is 7.80. The van der Waals surface area contributed by atoms with Crippen LogP contribution in [0.1, 0.15) is 48.9 Å². The van der Waals surface area contributed by atoms with Crippen molar-refractivity contribution in [3.8, 4) is 5.75 Å². The van der Waals surface area contributed by atoms with E-state index in [0.717, 1.165) is 38.5 Å². The predicted molar refractivity (Wildman–Crippen MR) is 133 cm³/mol. The first kappa shape index (κ1) is 25.6. The van der Waals surface area contributed by atoms with Crippen LogP contribution in [0.3, 0.4) is 0 Å². The maximum Gasteiger partial charge on any atom is 0.259 e. The molecule has 1 N–H and O–H groups in total. The number of nitrogens with zero attached hydrogens (tertiary/aromatic N) is 2. The molecule has 0 spiro atoms. The molecule has 0 aliphatic carbocycles. The third-order valence-corrected chi connectivity index (χ3v) is 10.2. The number of hydrogen-bond donors (Lipinski definition) is 1. The van der Waals surface area contributed by atoms with E-state index in [4.69, 9.17) is 4.74 Å². The molecule has 4 rings (SSSR count). The zero-order valence-corrected chi connectivity index (χ0v) is 21.4. The first-order valence-electron chi connectivity index (χ1n) is 11.8. The minimum Gasteiger partial charge on any atom is -0.496 e. The van der Waals surface area contributed by atoms with Crippen molar-refractivity contribution in [2.24, 2.45) is 0 Å². The van der Waals surface area contributed by atoms with E-state index in [1.54, 1.807) is 0 Å². The molecule has 2 aromatic carbocycles. The highest BCUT2D eigenvalue weighted by Gasteiger charge is 2.29. The van der Waals surface area contributed by atoms with Gasteiger partial charge < -0.3 is 10.1 Å². The number of amides is 1. The van der Waals surface area contributed by atoms with E-state index in [9.17, 15) is 21.6 Å². The Morgan fingerprint density at radius 2 is 1.23 bits per heavy atom. The number of anilines is 1. The van der Waals surface area contributed by atoms with Crippen LogP contribution in [0.4, 0.5) is 5.69 Å². The molecule has 11 heteroatoms. The molecule has 2 heterocycles.